The third-order valence-corrected chi connectivity index (χ3v) is 3.17. The van der Waals surface area contributed by atoms with Gasteiger partial charge in [0.15, 0.2) is 0 Å². The van der Waals surface area contributed by atoms with Crippen molar-refractivity contribution >= 4 is 5.82 Å². The van der Waals surface area contributed by atoms with E-state index in [1.165, 1.54) is 51.0 Å². The Bertz CT molecular complexity index is 319. The fourth-order valence-electron chi connectivity index (χ4n) is 2.30. The maximum absolute atomic E-state index is 12.9. The molecule has 3 heteroatoms. The van der Waals surface area contributed by atoms with E-state index in [0.717, 1.165) is 0 Å². The number of hydrogen-bond acceptors (Lipinski definition) is 2. The fourth-order valence-corrected chi connectivity index (χ4v) is 2.30. The molecule has 1 aromatic heterocycles. The number of aromatic nitrogens is 1. The minimum absolute atomic E-state index is 0.407. The second-order valence-corrected chi connectivity index (χ2v) is 4.53. The number of rotatable bonds is 2. The monoisotopic (exact) mass is 222 g/mol. The Balaban J connectivity index is 1.91. The summed E-state index contributed by atoms with van der Waals surface area (Å²) in [5, 5.41) is 3.34. The van der Waals surface area contributed by atoms with Gasteiger partial charge in [-0.3, -0.25) is 0 Å². The molecule has 0 saturated heterocycles. The van der Waals surface area contributed by atoms with Crippen LogP contribution in [-0.2, 0) is 0 Å². The average molecular weight is 222 g/mol. The lowest BCUT2D eigenvalue weighted by atomic mass is 9.97. The van der Waals surface area contributed by atoms with Gasteiger partial charge >= 0.3 is 0 Å². The lowest BCUT2D eigenvalue weighted by Gasteiger charge is -2.21. The van der Waals surface area contributed by atoms with Gasteiger partial charge in [-0.05, 0) is 25.0 Å². The number of halogens is 1. The van der Waals surface area contributed by atoms with E-state index in [4.69, 9.17) is 0 Å². The number of anilines is 1. The Morgan fingerprint density at radius 2 is 1.75 bits per heavy atom. The molecule has 0 aliphatic heterocycles. The summed E-state index contributed by atoms with van der Waals surface area (Å²) in [5.74, 6) is 0.265. The van der Waals surface area contributed by atoms with Crippen LogP contribution in [0.15, 0.2) is 18.2 Å². The van der Waals surface area contributed by atoms with Gasteiger partial charge in [-0.15, -0.1) is 0 Å². The first-order valence-corrected chi connectivity index (χ1v) is 6.24. The quantitative estimate of drug-likeness (QED) is 0.771. The van der Waals surface area contributed by atoms with Crippen LogP contribution in [0, 0.1) is 5.95 Å². The van der Waals surface area contributed by atoms with Crippen LogP contribution in [0.2, 0.25) is 0 Å². The Kier molecular flexibility index (Phi) is 4.14. The average Bonchev–Trinajstić information content (AvgIpc) is 2.22. The maximum atomic E-state index is 12.9. The number of nitrogens with zero attached hydrogens (tertiary/aromatic N) is 1. The molecule has 0 unspecified atom stereocenters. The van der Waals surface area contributed by atoms with E-state index in [1.807, 2.05) is 6.07 Å². The Hall–Kier alpha value is -1.12. The standard InChI is InChI=1S/C13H19FN2/c14-12-9-6-10-13(16-12)15-11-7-4-2-1-3-5-8-11/h6,9-11H,1-5,7-8H2,(H,15,16). The highest BCUT2D eigenvalue weighted by Gasteiger charge is 2.11. The molecular weight excluding hydrogens is 203 g/mol. The van der Waals surface area contributed by atoms with E-state index in [1.54, 1.807) is 6.07 Å². The molecule has 0 spiro atoms. The number of nitrogens with one attached hydrogen (secondary N) is 1. The van der Waals surface area contributed by atoms with Gasteiger partial charge in [0.2, 0.25) is 5.95 Å². The van der Waals surface area contributed by atoms with Gasteiger partial charge in [0, 0.05) is 6.04 Å². The fraction of sp³-hybridized carbons (Fsp3) is 0.615. The lowest BCUT2D eigenvalue weighted by Crippen LogP contribution is -2.21. The number of pyridine rings is 1. The third kappa shape index (κ3) is 3.47. The zero-order valence-corrected chi connectivity index (χ0v) is 9.58. The largest absolute Gasteiger partial charge is 0.367 e. The molecule has 0 aromatic carbocycles. The summed E-state index contributed by atoms with van der Waals surface area (Å²) < 4.78 is 12.9. The van der Waals surface area contributed by atoms with E-state index < -0.39 is 5.95 Å². The predicted molar refractivity (Wildman–Crippen MR) is 63.9 cm³/mol. The van der Waals surface area contributed by atoms with Crippen LogP contribution in [0.3, 0.4) is 0 Å². The van der Waals surface area contributed by atoms with Crippen molar-refractivity contribution in [2.45, 2.75) is 51.0 Å². The number of hydrogen-bond donors (Lipinski definition) is 1. The first-order valence-electron chi connectivity index (χ1n) is 6.24. The Morgan fingerprint density at radius 1 is 1.06 bits per heavy atom. The van der Waals surface area contributed by atoms with Crippen molar-refractivity contribution in [2.24, 2.45) is 0 Å². The van der Waals surface area contributed by atoms with Crippen LogP contribution in [0.5, 0.6) is 0 Å². The van der Waals surface area contributed by atoms with Crippen molar-refractivity contribution in [2.75, 3.05) is 5.32 Å². The summed E-state index contributed by atoms with van der Waals surface area (Å²) >= 11 is 0. The molecule has 0 bridgehead atoms. The van der Waals surface area contributed by atoms with Crippen LogP contribution in [0.4, 0.5) is 10.2 Å². The Morgan fingerprint density at radius 3 is 2.44 bits per heavy atom. The molecule has 16 heavy (non-hydrogen) atoms. The molecule has 1 aromatic rings. The summed E-state index contributed by atoms with van der Waals surface area (Å²) in [4.78, 5) is 3.84. The highest BCUT2D eigenvalue weighted by Crippen LogP contribution is 2.19. The molecule has 2 rings (SSSR count). The maximum Gasteiger partial charge on any atom is 0.214 e. The molecule has 0 atom stereocenters. The smallest absolute Gasteiger partial charge is 0.214 e. The van der Waals surface area contributed by atoms with Crippen LogP contribution >= 0.6 is 0 Å². The minimum Gasteiger partial charge on any atom is -0.367 e. The van der Waals surface area contributed by atoms with E-state index >= 15 is 0 Å². The van der Waals surface area contributed by atoms with Crippen molar-refractivity contribution < 1.29 is 4.39 Å². The van der Waals surface area contributed by atoms with Crippen molar-refractivity contribution in [1.29, 1.82) is 0 Å². The zero-order valence-electron chi connectivity index (χ0n) is 9.58. The minimum atomic E-state index is -0.407. The van der Waals surface area contributed by atoms with Crippen molar-refractivity contribution in [3.05, 3.63) is 24.1 Å². The molecule has 1 heterocycles. The second-order valence-electron chi connectivity index (χ2n) is 4.53. The first kappa shape index (κ1) is 11.4. The van der Waals surface area contributed by atoms with Crippen LogP contribution < -0.4 is 5.32 Å². The highest BCUT2D eigenvalue weighted by atomic mass is 19.1. The van der Waals surface area contributed by atoms with Gasteiger partial charge in [-0.1, -0.05) is 38.2 Å². The van der Waals surface area contributed by atoms with Crippen molar-refractivity contribution in [3.63, 3.8) is 0 Å². The van der Waals surface area contributed by atoms with Crippen molar-refractivity contribution in [1.82, 2.24) is 4.98 Å². The highest BCUT2D eigenvalue weighted by molar-refractivity contribution is 5.34. The molecule has 1 aliphatic rings. The predicted octanol–water partition coefficient (Wildman–Crippen LogP) is 3.75. The molecule has 0 radical (unpaired) electrons. The normalized spacial score (nSPS) is 18.8. The molecule has 1 N–H and O–H groups in total. The molecule has 88 valence electrons. The molecule has 1 aliphatic carbocycles. The summed E-state index contributed by atoms with van der Waals surface area (Å²) in [7, 11) is 0. The van der Waals surface area contributed by atoms with Crippen LogP contribution in [0.25, 0.3) is 0 Å². The lowest BCUT2D eigenvalue weighted by molar-refractivity contribution is 0.470. The van der Waals surface area contributed by atoms with Gasteiger partial charge < -0.3 is 5.32 Å². The zero-order chi connectivity index (χ0) is 11.2. The molecule has 0 amide bonds. The van der Waals surface area contributed by atoms with Gasteiger partial charge in [0.05, 0.1) is 0 Å². The van der Waals surface area contributed by atoms with Crippen molar-refractivity contribution in [3.8, 4) is 0 Å². The van der Waals surface area contributed by atoms with Crippen LogP contribution in [-0.4, -0.2) is 11.0 Å². The molecule has 1 fully saturated rings. The summed E-state index contributed by atoms with van der Waals surface area (Å²) in [6.45, 7) is 0. The van der Waals surface area contributed by atoms with Crippen LogP contribution in [0.1, 0.15) is 44.9 Å². The van der Waals surface area contributed by atoms with E-state index in [-0.39, 0.29) is 0 Å². The van der Waals surface area contributed by atoms with Gasteiger partial charge in [0.25, 0.3) is 0 Å². The first-order chi connectivity index (χ1) is 7.84. The summed E-state index contributed by atoms with van der Waals surface area (Å²) in [6, 6.07) is 5.38. The summed E-state index contributed by atoms with van der Waals surface area (Å²) in [6.07, 6.45) is 8.92. The SMILES string of the molecule is Fc1cccc(NC2CCCCCCC2)n1. The van der Waals surface area contributed by atoms with Gasteiger partial charge in [-0.25, -0.2) is 4.98 Å². The van der Waals surface area contributed by atoms with Gasteiger partial charge in [0.1, 0.15) is 5.82 Å². The summed E-state index contributed by atoms with van der Waals surface area (Å²) in [5.41, 5.74) is 0. The topological polar surface area (TPSA) is 24.9 Å². The third-order valence-electron chi connectivity index (χ3n) is 3.17. The second kappa shape index (κ2) is 5.83. The Labute approximate surface area is 96.3 Å². The van der Waals surface area contributed by atoms with E-state index in [0.29, 0.717) is 11.9 Å². The molecular formula is C13H19FN2. The van der Waals surface area contributed by atoms with E-state index in [9.17, 15) is 4.39 Å². The molecule has 2 nitrogen and oxygen atoms in total. The van der Waals surface area contributed by atoms with E-state index in [2.05, 4.69) is 10.3 Å². The van der Waals surface area contributed by atoms with Gasteiger partial charge in [-0.2, -0.15) is 4.39 Å². The molecule has 1 saturated carbocycles.